The maximum atomic E-state index is 10.0. The van der Waals surface area contributed by atoms with Crippen molar-refractivity contribution in [1.29, 1.82) is 0 Å². The zero-order valence-electron chi connectivity index (χ0n) is 14.8. The summed E-state index contributed by atoms with van der Waals surface area (Å²) in [6.45, 7) is 1.12. The quantitative estimate of drug-likeness (QED) is 0.457. The molecule has 0 bridgehead atoms. The molecule has 8 heteroatoms. The van der Waals surface area contributed by atoms with Gasteiger partial charge in [0, 0.05) is 25.9 Å². The van der Waals surface area contributed by atoms with E-state index in [-0.39, 0.29) is 5.75 Å². The summed E-state index contributed by atoms with van der Waals surface area (Å²) in [6, 6.07) is 11.1. The molecule has 2 aromatic heterocycles. The summed E-state index contributed by atoms with van der Waals surface area (Å²) in [4.78, 5) is 4.20. The van der Waals surface area contributed by atoms with Gasteiger partial charge in [0.25, 0.3) is 0 Å². The molecule has 0 radical (unpaired) electrons. The van der Waals surface area contributed by atoms with Gasteiger partial charge in [-0.3, -0.25) is 9.39 Å². The standard InChI is InChI=1S/C18H22N6O2/c1-19-18(20-9-8-13-6-7-14(26-2)11-15(13)25)21-12-17-23-22-16-5-3-4-10-24(16)17/h3-7,10-11,25H,8-9,12H2,1-2H3,(H2,19,20,21). The zero-order valence-corrected chi connectivity index (χ0v) is 14.8. The van der Waals surface area contributed by atoms with E-state index in [2.05, 4.69) is 25.8 Å². The van der Waals surface area contributed by atoms with Crippen LogP contribution in [0, 0.1) is 0 Å². The molecule has 0 saturated heterocycles. The number of guanidine groups is 1. The minimum atomic E-state index is 0.226. The highest BCUT2D eigenvalue weighted by atomic mass is 16.5. The molecule has 3 N–H and O–H groups in total. The number of nitrogens with zero attached hydrogens (tertiary/aromatic N) is 4. The number of hydrogen-bond donors (Lipinski definition) is 3. The van der Waals surface area contributed by atoms with Crippen molar-refractivity contribution in [3.8, 4) is 11.5 Å². The van der Waals surface area contributed by atoms with E-state index in [0.29, 0.717) is 31.2 Å². The lowest BCUT2D eigenvalue weighted by molar-refractivity contribution is 0.406. The number of rotatable bonds is 6. The topological polar surface area (TPSA) is 96.1 Å². The van der Waals surface area contributed by atoms with E-state index in [4.69, 9.17) is 4.74 Å². The third kappa shape index (κ3) is 4.02. The molecule has 0 aliphatic rings. The fraction of sp³-hybridized carbons (Fsp3) is 0.278. The number of hydrogen-bond acceptors (Lipinski definition) is 5. The number of fused-ring (bicyclic) bond motifs is 1. The van der Waals surface area contributed by atoms with Gasteiger partial charge in [0.2, 0.25) is 0 Å². The molecule has 136 valence electrons. The fourth-order valence-electron chi connectivity index (χ4n) is 2.59. The number of phenolic OH excluding ortho intramolecular Hbond substituents is 1. The summed E-state index contributed by atoms with van der Waals surface area (Å²) in [5.74, 6) is 2.32. The van der Waals surface area contributed by atoms with Crippen LogP contribution in [-0.4, -0.2) is 46.4 Å². The lowest BCUT2D eigenvalue weighted by Crippen LogP contribution is -2.38. The first-order valence-corrected chi connectivity index (χ1v) is 8.30. The minimum absolute atomic E-state index is 0.226. The molecule has 0 atom stereocenters. The molecule has 0 spiro atoms. The van der Waals surface area contributed by atoms with Crippen molar-refractivity contribution in [2.24, 2.45) is 4.99 Å². The molecule has 0 unspecified atom stereocenters. The van der Waals surface area contributed by atoms with Gasteiger partial charge in [-0.2, -0.15) is 0 Å². The van der Waals surface area contributed by atoms with E-state index in [0.717, 1.165) is 17.0 Å². The van der Waals surface area contributed by atoms with E-state index in [1.165, 1.54) is 0 Å². The Bertz CT molecular complexity index is 906. The maximum Gasteiger partial charge on any atom is 0.191 e. The van der Waals surface area contributed by atoms with Crippen LogP contribution in [0.25, 0.3) is 5.65 Å². The van der Waals surface area contributed by atoms with Gasteiger partial charge in [-0.15, -0.1) is 10.2 Å². The summed E-state index contributed by atoms with van der Waals surface area (Å²) in [5.41, 5.74) is 1.65. The van der Waals surface area contributed by atoms with Crippen molar-refractivity contribution in [1.82, 2.24) is 25.2 Å². The molecule has 3 aromatic rings. The average molecular weight is 354 g/mol. The van der Waals surface area contributed by atoms with E-state index in [1.54, 1.807) is 20.2 Å². The first kappa shape index (κ1) is 17.5. The van der Waals surface area contributed by atoms with Crippen LogP contribution in [0.3, 0.4) is 0 Å². The lowest BCUT2D eigenvalue weighted by Gasteiger charge is -2.12. The molecular weight excluding hydrogens is 332 g/mol. The molecule has 8 nitrogen and oxygen atoms in total. The molecule has 0 saturated carbocycles. The van der Waals surface area contributed by atoms with Crippen LogP contribution in [-0.2, 0) is 13.0 Å². The van der Waals surface area contributed by atoms with Crippen molar-refractivity contribution in [2.45, 2.75) is 13.0 Å². The largest absolute Gasteiger partial charge is 0.508 e. The zero-order chi connectivity index (χ0) is 18.4. The Kier molecular flexibility index (Phi) is 5.52. The Morgan fingerprint density at radius 3 is 2.88 bits per heavy atom. The van der Waals surface area contributed by atoms with Gasteiger partial charge in [0.15, 0.2) is 17.4 Å². The predicted molar refractivity (Wildman–Crippen MR) is 99.6 cm³/mol. The third-order valence-electron chi connectivity index (χ3n) is 4.00. The van der Waals surface area contributed by atoms with E-state index in [1.807, 2.05) is 40.9 Å². The number of aromatic nitrogens is 3. The second-order valence-corrected chi connectivity index (χ2v) is 5.64. The number of nitrogens with one attached hydrogen (secondary N) is 2. The molecule has 0 aliphatic heterocycles. The van der Waals surface area contributed by atoms with Crippen LogP contribution in [0.1, 0.15) is 11.4 Å². The first-order chi connectivity index (χ1) is 12.7. The first-order valence-electron chi connectivity index (χ1n) is 8.30. The van der Waals surface area contributed by atoms with Gasteiger partial charge < -0.3 is 20.5 Å². The van der Waals surface area contributed by atoms with Gasteiger partial charge in [0.05, 0.1) is 13.7 Å². The van der Waals surface area contributed by atoms with Gasteiger partial charge in [-0.1, -0.05) is 12.1 Å². The highest BCUT2D eigenvalue weighted by molar-refractivity contribution is 5.79. The molecule has 1 aromatic carbocycles. The second kappa shape index (κ2) is 8.19. The Hall–Kier alpha value is -3.29. The maximum absolute atomic E-state index is 10.0. The number of ether oxygens (including phenoxy) is 1. The van der Waals surface area contributed by atoms with Crippen molar-refractivity contribution in [2.75, 3.05) is 20.7 Å². The monoisotopic (exact) mass is 354 g/mol. The van der Waals surface area contributed by atoms with Crippen LogP contribution in [0.15, 0.2) is 47.6 Å². The van der Waals surface area contributed by atoms with E-state index < -0.39 is 0 Å². The summed E-state index contributed by atoms with van der Waals surface area (Å²) in [5, 5.41) is 24.7. The Balaban J connectivity index is 1.52. The van der Waals surface area contributed by atoms with Gasteiger partial charge in [0.1, 0.15) is 11.5 Å². The smallest absolute Gasteiger partial charge is 0.191 e. The van der Waals surface area contributed by atoms with Crippen molar-refractivity contribution in [3.63, 3.8) is 0 Å². The van der Waals surface area contributed by atoms with Gasteiger partial charge in [-0.25, -0.2) is 0 Å². The fourth-order valence-corrected chi connectivity index (χ4v) is 2.59. The number of pyridine rings is 1. The number of phenols is 1. The molecular formula is C18H22N6O2. The Morgan fingerprint density at radius 1 is 1.23 bits per heavy atom. The molecule has 3 rings (SSSR count). The lowest BCUT2D eigenvalue weighted by atomic mass is 10.1. The number of methoxy groups -OCH3 is 1. The van der Waals surface area contributed by atoms with Crippen molar-refractivity contribution in [3.05, 3.63) is 54.0 Å². The van der Waals surface area contributed by atoms with Crippen LogP contribution >= 0.6 is 0 Å². The predicted octanol–water partition coefficient (Wildman–Crippen LogP) is 1.35. The Morgan fingerprint density at radius 2 is 2.12 bits per heavy atom. The summed E-state index contributed by atoms with van der Waals surface area (Å²) in [7, 11) is 3.28. The average Bonchev–Trinajstić information content (AvgIpc) is 3.08. The van der Waals surface area contributed by atoms with Crippen LogP contribution in [0.2, 0.25) is 0 Å². The summed E-state index contributed by atoms with van der Waals surface area (Å²) < 4.78 is 7.02. The molecule has 0 aliphatic carbocycles. The normalized spacial score (nSPS) is 11.5. The highest BCUT2D eigenvalue weighted by Gasteiger charge is 2.07. The van der Waals surface area contributed by atoms with Gasteiger partial charge >= 0.3 is 0 Å². The summed E-state index contributed by atoms with van der Waals surface area (Å²) >= 11 is 0. The Labute approximate surface area is 151 Å². The van der Waals surface area contributed by atoms with Crippen molar-refractivity contribution < 1.29 is 9.84 Å². The van der Waals surface area contributed by atoms with Crippen LogP contribution < -0.4 is 15.4 Å². The molecule has 0 amide bonds. The van der Waals surface area contributed by atoms with Crippen molar-refractivity contribution >= 4 is 11.6 Å². The number of aromatic hydroxyl groups is 1. The highest BCUT2D eigenvalue weighted by Crippen LogP contribution is 2.23. The molecule has 0 fully saturated rings. The SMILES string of the molecule is CN=C(NCCc1ccc(OC)cc1O)NCc1nnc2ccccn12. The van der Waals surface area contributed by atoms with E-state index in [9.17, 15) is 5.11 Å². The third-order valence-corrected chi connectivity index (χ3v) is 4.00. The minimum Gasteiger partial charge on any atom is -0.508 e. The number of benzene rings is 1. The summed E-state index contributed by atoms with van der Waals surface area (Å²) in [6.07, 6.45) is 2.58. The molecule has 2 heterocycles. The second-order valence-electron chi connectivity index (χ2n) is 5.64. The molecule has 26 heavy (non-hydrogen) atoms. The van der Waals surface area contributed by atoms with E-state index >= 15 is 0 Å². The number of aliphatic imine (C=N–C) groups is 1. The van der Waals surface area contributed by atoms with Crippen LogP contribution in [0.4, 0.5) is 0 Å². The van der Waals surface area contributed by atoms with Crippen LogP contribution in [0.5, 0.6) is 11.5 Å². The van der Waals surface area contributed by atoms with Gasteiger partial charge in [-0.05, 0) is 30.2 Å².